The molecular weight excluding hydrogens is 236 g/mol. The summed E-state index contributed by atoms with van der Waals surface area (Å²) in [6.07, 6.45) is 0. The van der Waals surface area contributed by atoms with Gasteiger partial charge in [0.15, 0.2) is 12.4 Å². The Labute approximate surface area is 103 Å². The number of carbonyl (C=O) groups is 1. The second-order valence-electron chi connectivity index (χ2n) is 3.46. The molecule has 0 aliphatic rings. The first-order chi connectivity index (χ1) is 8.74. The number of rotatable bonds is 5. The number of carbonyl (C=O) groups excluding carboxylic acids is 1. The van der Waals surface area contributed by atoms with E-state index in [9.17, 15) is 4.79 Å². The number of benzene rings is 1. The smallest absolute Gasteiger partial charge is 0.258 e. The Kier molecular flexibility index (Phi) is 3.69. The van der Waals surface area contributed by atoms with E-state index in [-0.39, 0.29) is 19.1 Å². The first kappa shape index (κ1) is 11.8. The van der Waals surface area contributed by atoms with E-state index in [0.717, 1.165) is 0 Å². The van der Waals surface area contributed by atoms with Crippen molar-refractivity contribution in [1.29, 1.82) is 0 Å². The zero-order valence-corrected chi connectivity index (χ0v) is 9.46. The molecule has 4 N–H and O–H groups in total. The molecule has 0 bridgehead atoms. The predicted molar refractivity (Wildman–Crippen MR) is 62.4 cm³/mol. The molecule has 18 heavy (non-hydrogen) atoms. The second kappa shape index (κ2) is 5.62. The van der Waals surface area contributed by atoms with Crippen molar-refractivity contribution in [2.75, 3.05) is 12.3 Å². The van der Waals surface area contributed by atoms with Gasteiger partial charge in [0.1, 0.15) is 5.75 Å². The summed E-state index contributed by atoms with van der Waals surface area (Å²) < 4.78 is 5.26. The van der Waals surface area contributed by atoms with E-state index in [0.29, 0.717) is 17.3 Å². The van der Waals surface area contributed by atoms with Crippen LogP contribution in [-0.4, -0.2) is 33.1 Å². The van der Waals surface area contributed by atoms with Crippen molar-refractivity contribution in [1.82, 2.24) is 25.9 Å². The minimum atomic E-state index is -0.267. The van der Waals surface area contributed by atoms with Crippen LogP contribution in [0.4, 0.5) is 5.69 Å². The molecule has 0 saturated carbocycles. The minimum Gasteiger partial charge on any atom is -0.484 e. The Bertz CT molecular complexity index is 496. The van der Waals surface area contributed by atoms with E-state index in [1.807, 2.05) is 0 Å². The lowest BCUT2D eigenvalue weighted by molar-refractivity contribution is -0.123. The van der Waals surface area contributed by atoms with Crippen LogP contribution in [0.2, 0.25) is 0 Å². The van der Waals surface area contributed by atoms with Gasteiger partial charge in [-0.25, -0.2) is 0 Å². The van der Waals surface area contributed by atoms with Crippen LogP contribution in [0.1, 0.15) is 5.82 Å². The largest absolute Gasteiger partial charge is 0.484 e. The normalized spacial score (nSPS) is 10.0. The predicted octanol–water partition coefficient (Wildman–Crippen LogP) is -0.523. The van der Waals surface area contributed by atoms with Crippen molar-refractivity contribution in [2.45, 2.75) is 6.54 Å². The third-order valence-corrected chi connectivity index (χ3v) is 2.08. The van der Waals surface area contributed by atoms with Crippen LogP contribution >= 0.6 is 0 Å². The molecule has 2 rings (SSSR count). The third-order valence-electron chi connectivity index (χ3n) is 2.08. The molecule has 0 spiro atoms. The number of tetrazole rings is 1. The molecule has 0 radical (unpaired) electrons. The molecule has 2 aromatic rings. The Morgan fingerprint density at radius 3 is 2.83 bits per heavy atom. The number of H-pyrrole nitrogens is 1. The van der Waals surface area contributed by atoms with E-state index in [2.05, 4.69) is 25.9 Å². The van der Waals surface area contributed by atoms with Gasteiger partial charge in [0.2, 0.25) is 0 Å². The molecule has 0 aliphatic heterocycles. The average molecular weight is 248 g/mol. The molecule has 1 aromatic carbocycles. The summed E-state index contributed by atoms with van der Waals surface area (Å²) in [5, 5.41) is 15.7. The fraction of sp³-hybridized carbons (Fsp3) is 0.200. The van der Waals surface area contributed by atoms with E-state index >= 15 is 0 Å². The van der Waals surface area contributed by atoms with Gasteiger partial charge in [-0.05, 0) is 24.3 Å². The standard InChI is InChI=1S/C10H12N6O2/c11-7-1-3-8(4-2-7)18-6-10(17)12-5-9-13-15-16-14-9/h1-4H,5-6,11H2,(H,12,17)(H,13,14,15,16). The van der Waals surface area contributed by atoms with Crippen molar-refractivity contribution >= 4 is 11.6 Å². The van der Waals surface area contributed by atoms with Crippen LogP contribution in [0.5, 0.6) is 5.75 Å². The van der Waals surface area contributed by atoms with Crippen LogP contribution in [0.25, 0.3) is 0 Å². The molecule has 0 saturated heterocycles. The maximum absolute atomic E-state index is 11.4. The van der Waals surface area contributed by atoms with Crippen molar-refractivity contribution in [3.05, 3.63) is 30.1 Å². The summed E-state index contributed by atoms with van der Waals surface area (Å²) in [7, 11) is 0. The van der Waals surface area contributed by atoms with Gasteiger partial charge >= 0.3 is 0 Å². The molecule has 8 nitrogen and oxygen atoms in total. The number of hydrogen-bond donors (Lipinski definition) is 3. The van der Waals surface area contributed by atoms with Crippen LogP contribution < -0.4 is 15.8 Å². The van der Waals surface area contributed by atoms with Gasteiger partial charge in [0, 0.05) is 5.69 Å². The lowest BCUT2D eigenvalue weighted by atomic mass is 10.3. The van der Waals surface area contributed by atoms with Gasteiger partial charge in [-0.2, -0.15) is 5.21 Å². The molecule has 0 atom stereocenters. The number of hydrogen-bond acceptors (Lipinski definition) is 6. The SMILES string of the molecule is Nc1ccc(OCC(=O)NCc2nn[nH]n2)cc1. The average Bonchev–Trinajstić information content (AvgIpc) is 2.89. The van der Waals surface area contributed by atoms with Gasteiger partial charge in [-0.15, -0.1) is 10.2 Å². The minimum absolute atomic E-state index is 0.0816. The van der Waals surface area contributed by atoms with Gasteiger partial charge in [-0.1, -0.05) is 5.21 Å². The molecule has 1 amide bonds. The van der Waals surface area contributed by atoms with E-state index in [1.54, 1.807) is 24.3 Å². The van der Waals surface area contributed by atoms with Crippen molar-refractivity contribution in [3.63, 3.8) is 0 Å². The highest BCUT2D eigenvalue weighted by Gasteiger charge is 2.04. The van der Waals surface area contributed by atoms with E-state index < -0.39 is 0 Å². The second-order valence-corrected chi connectivity index (χ2v) is 3.46. The number of aromatic amines is 1. The molecule has 1 aromatic heterocycles. The summed E-state index contributed by atoms with van der Waals surface area (Å²) >= 11 is 0. The highest BCUT2D eigenvalue weighted by Crippen LogP contribution is 2.12. The van der Waals surface area contributed by atoms with Crippen molar-refractivity contribution in [2.24, 2.45) is 0 Å². The molecule has 0 fully saturated rings. The van der Waals surface area contributed by atoms with E-state index in [1.165, 1.54) is 0 Å². The number of amides is 1. The molecule has 0 aliphatic carbocycles. The molecule has 94 valence electrons. The number of nitrogens with two attached hydrogens (primary N) is 1. The van der Waals surface area contributed by atoms with Gasteiger partial charge in [0.25, 0.3) is 5.91 Å². The maximum Gasteiger partial charge on any atom is 0.258 e. The summed E-state index contributed by atoms with van der Waals surface area (Å²) in [5.74, 6) is 0.728. The van der Waals surface area contributed by atoms with Crippen molar-refractivity contribution < 1.29 is 9.53 Å². The topological polar surface area (TPSA) is 119 Å². The maximum atomic E-state index is 11.4. The fourth-order valence-corrected chi connectivity index (χ4v) is 1.20. The van der Waals surface area contributed by atoms with Crippen LogP contribution in [0.15, 0.2) is 24.3 Å². The summed E-state index contributed by atoms with van der Waals surface area (Å²) in [6.45, 7) is 0.127. The third kappa shape index (κ3) is 3.44. The fourth-order valence-electron chi connectivity index (χ4n) is 1.20. The summed E-state index contributed by atoms with van der Waals surface area (Å²) in [4.78, 5) is 11.4. The summed E-state index contributed by atoms with van der Waals surface area (Å²) in [5.41, 5.74) is 6.17. The Morgan fingerprint density at radius 1 is 1.39 bits per heavy atom. The van der Waals surface area contributed by atoms with Gasteiger partial charge in [0.05, 0.1) is 6.54 Å². The molecular formula is C10H12N6O2. The zero-order chi connectivity index (χ0) is 12.8. The molecule has 1 heterocycles. The van der Waals surface area contributed by atoms with Gasteiger partial charge < -0.3 is 15.8 Å². The van der Waals surface area contributed by atoms with Crippen LogP contribution in [0.3, 0.4) is 0 Å². The van der Waals surface area contributed by atoms with Gasteiger partial charge in [-0.3, -0.25) is 4.79 Å². The monoisotopic (exact) mass is 248 g/mol. The Balaban J connectivity index is 1.73. The summed E-state index contributed by atoms with van der Waals surface area (Å²) in [6, 6.07) is 6.79. The lowest BCUT2D eigenvalue weighted by Crippen LogP contribution is -2.28. The Morgan fingerprint density at radius 2 is 2.17 bits per heavy atom. The Hall–Kier alpha value is -2.64. The number of aromatic nitrogens is 4. The molecule has 0 unspecified atom stereocenters. The highest BCUT2D eigenvalue weighted by molar-refractivity contribution is 5.77. The highest BCUT2D eigenvalue weighted by atomic mass is 16.5. The number of nitrogen functional groups attached to an aromatic ring is 1. The first-order valence-electron chi connectivity index (χ1n) is 5.21. The van der Waals surface area contributed by atoms with Crippen molar-refractivity contribution in [3.8, 4) is 5.75 Å². The van der Waals surface area contributed by atoms with Crippen LogP contribution in [0, 0.1) is 0 Å². The lowest BCUT2D eigenvalue weighted by Gasteiger charge is -2.06. The van der Waals surface area contributed by atoms with E-state index in [4.69, 9.17) is 10.5 Å². The number of ether oxygens (including phenoxy) is 1. The first-order valence-corrected chi connectivity index (χ1v) is 5.21. The van der Waals surface area contributed by atoms with Crippen LogP contribution in [-0.2, 0) is 11.3 Å². The zero-order valence-electron chi connectivity index (χ0n) is 9.46. The molecule has 8 heteroatoms. The number of nitrogens with zero attached hydrogens (tertiary/aromatic N) is 3. The quantitative estimate of drug-likeness (QED) is 0.612. The number of nitrogens with one attached hydrogen (secondary N) is 2. The number of anilines is 1.